The fourth-order valence-corrected chi connectivity index (χ4v) is 7.49. The molecule has 0 spiro atoms. The molecule has 0 heterocycles. The Bertz CT molecular complexity index is 2360. The highest BCUT2D eigenvalue weighted by Crippen LogP contribution is 2.51. The lowest BCUT2D eigenvalue weighted by molar-refractivity contribution is 0.660. The molecule has 7 rings (SSSR count). The van der Waals surface area contributed by atoms with E-state index in [4.69, 9.17) is 0 Å². The zero-order valence-corrected chi connectivity index (χ0v) is 31.3. The van der Waals surface area contributed by atoms with Gasteiger partial charge in [0.25, 0.3) is 0 Å². The molecule has 1 nitrogen and oxygen atoms in total. The zero-order valence-electron chi connectivity index (χ0n) is 31.3. The third kappa shape index (κ3) is 7.30. The molecule has 0 radical (unpaired) electrons. The van der Waals surface area contributed by atoms with Crippen LogP contribution in [-0.2, 0) is 5.41 Å². The summed E-state index contributed by atoms with van der Waals surface area (Å²) in [5, 5.41) is 0. The summed E-state index contributed by atoms with van der Waals surface area (Å²) in [6.07, 6.45) is 13.2. The topological polar surface area (TPSA) is 3.24 Å². The molecule has 0 saturated carbocycles. The maximum Gasteiger partial charge on any atom is 0.0465 e. The molecule has 1 aliphatic rings. The SMILES string of the molecule is C=C/C=C\C(=C)/C=C\C(=C/CC)c1ccc2c(c1)C(C)(C)c1cc(N(c3ccc(-c4ccc(-c5ccccc5)cc4)cc3)c3cccc(C)c3)ccc1-2. The fraction of sp³-hybridized carbons (Fsp3) is 0.115. The predicted molar refractivity (Wildman–Crippen MR) is 230 cm³/mol. The van der Waals surface area contributed by atoms with Gasteiger partial charge in [0.15, 0.2) is 0 Å². The van der Waals surface area contributed by atoms with E-state index in [1.165, 1.54) is 61.2 Å². The Hall–Kier alpha value is -6.18. The van der Waals surface area contributed by atoms with Crippen molar-refractivity contribution >= 4 is 22.6 Å². The van der Waals surface area contributed by atoms with Crippen molar-refractivity contribution in [1.82, 2.24) is 0 Å². The minimum absolute atomic E-state index is 0.179. The minimum atomic E-state index is -0.179. The van der Waals surface area contributed by atoms with E-state index in [0.717, 1.165) is 29.1 Å². The van der Waals surface area contributed by atoms with E-state index < -0.39 is 0 Å². The van der Waals surface area contributed by atoms with Gasteiger partial charge < -0.3 is 4.90 Å². The van der Waals surface area contributed by atoms with Crippen LogP contribution in [0, 0.1) is 6.92 Å². The fourth-order valence-electron chi connectivity index (χ4n) is 7.49. The van der Waals surface area contributed by atoms with E-state index >= 15 is 0 Å². The Labute approximate surface area is 316 Å². The molecule has 0 aromatic heterocycles. The Morgan fingerprint density at radius 1 is 0.604 bits per heavy atom. The summed E-state index contributed by atoms with van der Waals surface area (Å²) in [6, 6.07) is 51.2. The number of anilines is 3. The summed E-state index contributed by atoms with van der Waals surface area (Å²) in [6.45, 7) is 17.0. The molecule has 6 aromatic carbocycles. The highest BCUT2D eigenvalue weighted by Gasteiger charge is 2.36. The first-order valence-corrected chi connectivity index (χ1v) is 18.6. The number of benzene rings is 6. The number of hydrogen-bond donors (Lipinski definition) is 0. The second kappa shape index (κ2) is 15.2. The van der Waals surface area contributed by atoms with Crippen LogP contribution in [0.3, 0.4) is 0 Å². The lowest BCUT2D eigenvalue weighted by Crippen LogP contribution is -2.17. The average Bonchev–Trinajstić information content (AvgIpc) is 3.41. The van der Waals surface area contributed by atoms with Gasteiger partial charge in [0.2, 0.25) is 0 Å². The van der Waals surface area contributed by atoms with Crippen LogP contribution >= 0.6 is 0 Å². The van der Waals surface area contributed by atoms with E-state index in [-0.39, 0.29) is 5.41 Å². The van der Waals surface area contributed by atoms with E-state index in [2.05, 4.69) is 204 Å². The van der Waals surface area contributed by atoms with Gasteiger partial charge in [0, 0.05) is 22.5 Å². The van der Waals surface area contributed by atoms with Gasteiger partial charge in [-0.15, -0.1) is 0 Å². The van der Waals surface area contributed by atoms with Crippen molar-refractivity contribution in [2.45, 2.75) is 39.5 Å². The van der Waals surface area contributed by atoms with Crippen LogP contribution in [0.5, 0.6) is 0 Å². The van der Waals surface area contributed by atoms with Crippen LogP contribution in [0.4, 0.5) is 17.1 Å². The third-order valence-electron chi connectivity index (χ3n) is 10.3. The predicted octanol–water partition coefficient (Wildman–Crippen LogP) is 14.8. The maximum atomic E-state index is 4.17. The van der Waals surface area contributed by atoms with Crippen LogP contribution in [-0.4, -0.2) is 0 Å². The summed E-state index contributed by atoms with van der Waals surface area (Å²) < 4.78 is 0. The first-order valence-electron chi connectivity index (χ1n) is 18.6. The number of rotatable bonds is 11. The lowest BCUT2D eigenvalue weighted by atomic mass is 9.81. The molecule has 0 unspecified atom stereocenters. The van der Waals surface area contributed by atoms with Gasteiger partial charge in [-0.1, -0.05) is 167 Å². The first kappa shape index (κ1) is 35.2. The molecule has 6 aromatic rings. The van der Waals surface area contributed by atoms with E-state index in [1.807, 2.05) is 12.2 Å². The van der Waals surface area contributed by atoms with Gasteiger partial charge in [-0.2, -0.15) is 0 Å². The normalized spacial score (nSPS) is 13.2. The maximum absolute atomic E-state index is 4.17. The second-order valence-corrected chi connectivity index (χ2v) is 14.4. The molecule has 0 amide bonds. The van der Waals surface area contributed by atoms with Crippen LogP contribution < -0.4 is 4.90 Å². The molecule has 260 valence electrons. The lowest BCUT2D eigenvalue weighted by Gasteiger charge is -2.28. The van der Waals surface area contributed by atoms with Gasteiger partial charge in [-0.25, -0.2) is 0 Å². The van der Waals surface area contributed by atoms with Crippen LogP contribution in [0.2, 0.25) is 0 Å². The Morgan fingerprint density at radius 2 is 1.19 bits per heavy atom. The largest absolute Gasteiger partial charge is 0.310 e. The second-order valence-electron chi connectivity index (χ2n) is 14.4. The van der Waals surface area contributed by atoms with Crippen LogP contribution in [0.25, 0.3) is 39.0 Å². The number of fused-ring (bicyclic) bond motifs is 3. The summed E-state index contributed by atoms with van der Waals surface area (Å²) in [5.41, 5.74) is 18.0. The molecule has 0 fully saturated rings. The van der Waals surface area contributed by atoms with E-state index in [0.29, 0.717) is 0 Å². The summed E-state index contributed by atoms with van der Waals surface area (Å²) in [5.74, 6) is 0. The smallest absolute Gasteiger partial charge is 0.0465 e. The first-order chi connectivity index (χ1) is 25.8. The summed E-state index contributed by atoms with van der Waals surface area (Å²) >= 11 is 0. The molecule has 0 bridgehead atoms. The Morgan fingerprint density at radius 3 is 1.83 bits per heavy atom. The molecule has 0 aliphatic heterocycles. The monoisotopic (exact) mass is 685 g/mol. The van der Waals surface area contributed by atoms with Crippen molar-refractivity contribution < 1.29 is 0 Å². The number of hydrogen-bond acceptors (Lipinski definition) is 1. The highest BCUT2D eigenvalue weighted by atomic mass is 15.1. The van der Waals surface area contributed by atoms with Crippen molar-refractivity contribution in [3.05, 3.63) is 217 Å². The van der Waals surface area contributed by atoms with E-state index in [1.54, 1.807) is 6.08 Å². The van der Waals surface area contributed by atoms with Crippen LogP contribution in [0.15, 0.2) is 195 Å². The summed E-state index contributed by atoms with van der Waals surface area (Å²) in [7, 11) is 0. The quantitative estimate of drug-likeness (QED) is 0.123. The molecule has 0 saturated heterocycles. The van der Waals surface area contributed by atoms with Crippen LogP contribution in [0.1, 0.15) is 49.4 Å². The average molecular weight is 686 g/mol. The molecule has 0 atom stereocenters. The van der Waals surface area contributed by atoms with Crippen molar-refractivity contribution in [2.24, 2.45) is 0 Å². The molecule has 1 aliphatic carbocycles. The highest BCUT2D eigenvalue weighted by molar-refractivity contribution is 5.88. The Kier molecular flexibility index (Phi) is 10.1. The Balaban J connectivity index is 1.23. The zero-order chi connectivity index (χ0) is 37.0. The number of allylic oxidation sites excluding steroid dienone is 8. The molecular weight excluding hydrogens is 639 g/mol. The third-order valence-corrected chi connectivity index (χ3v) is 10.3. The van der Waals surface area contributed by atoms with Crippen molar-refractivity contribution in [3.63, 3.8) is 0 Å². The molecule has 1 heteroatoms. The number of nitrogens with zero attached hydrogens (tertiary/aromatic N) is 1. The van der Waals surface area contributed by atoms with Crippen molar-refractivity contribution in [2.75, 3.05) is 4.90 Å². The molecular formula is C52H47N. The van der Waals surface area contributed by atoms with Gasteiger partial charge in [-0.3, -0.25) is 0 Å². The van der Waals surface area contributed by atoms with Crippen molar-refractivity contribution in [3.8, 4) is 33.4 Å². The molecule has 0 N–H and O–H groups in total. The van der Waals surface area contributed by atoms with Gasteiger partial charge in [0.1, 0.15) is 0 Å². The summed E-state index contributed by atoms with van der Waals surface area (Å²) in [4.78, 5) is 2.39. The standard InChI is InChI=1S/C52H47N/c1-7-9-15-37(3)20-21-39(14-8-2)44-28-32-48-49-33-31-47(36-51(49)52(5,6)50(48)35-44)53(46-19-13-16-38(4)34-46)45-29-26-43(27-30-45)42-24-22-41(23-25-42)40-17-11-10-12-18-40/h7,9-36H,1,3,8H2,2,4-6H3/b15-9-,21-20-,39-14+. The molecule has 53 heavy (non-hydrogen) atoms. The van der Waals surface area contributed by atoms with Crippen molar-refractivity contribution in [1.29, 1.82) is 0 Å². The van der Waals surface area contributed by atoms with Gasteiger partial charge in [-0.05, 0) is 123 Å². The van der Waals surface area contributed by atoms with Gasteiger partial charge >= 0.3 is 0 Å². The van der Waals surface area contributed by atoms with Gasteiger partial charge in [0.05, 0.1) is 0 Å². The minimum Gasteiger partial charge on any atom is -0.310 e. The van der Waals surface area contributed by atoms with E-state index in [9.17, 15) is 0 Å². The number of aryl methyl sites for hydroxylation is 1.